The fourth-order valence-corrected chi connectivity index (χ4v) is 6.29. The van der Waals surface area contributed by atoms with Gasteiger partial charge in [-0.15, -0.1) is 0 Å². The maximum absolute atomic E-state index is 14.2. The van der Waals surface area contributed by atoms with Gasteiger partial charge in [0.25, 0.3) is 6.43 Å². The first kappa shape index (κ1) is 26.6. The summed E-state index contributed by atoms with van der Waals surface area (Å²) in [4.78, 5) is 0. The van der Waals surface area contributed by atoms with Gasteiger partial charge in [-0.2, -0.15) is 13.2 Å². The number of hydrogen-bond acceptors (Lipinski definition) is 2. The van der Waals surface area contributed by atoms with Gasteiger partial charge in [0.1, 0.15) is 6.04 Å². The molecule has 0 unspecified atom stereocenters. The molecule has 1 aromatic heterocycles. The Morgan fingerprint density at radius 3 is 2.28 bits per heavy atom. The van der Waals surface area contributed by atoms with Crippen LogP contribution in [0.1, 0.15) is 57.2 Å². The monoisotopic (exact) mass is 528 g/mol. The number of rotatable bonds is 7. The Hall–Kier alpha value is -2.46. The van der Waals surface area contributed by atoms with Gasteiger partial charge in [0.05, 0.1) is 10.8 Å². The van der Waals surface area contributed by atoms with E-state index < -0.39 is 39.5 Å². The third-order valence-corrected chi connectivity index (χ3v) is 8.40. The molecule has 0 bridgehead atoms. The molecule has 0 radical (unpaired) electrons. The molecule has 1 heterocycles. The van der Waals surface area contributed by atoms with Crippen molar-refractivity contribution in [1.29, 1.82) is 0 Å². The van der Waals surface area contributed by atoms with Gasteiger partial charge < -0.3 is 4.57 Å². The van der Waals surface area contributed by atoms with Gasteiger partial charge in [-0.3, -0.25) is 0 Å². The predicted octanol–water partition coefficient (Wildman–Crippen LogP) is 7.15. The summed E-state index contributed by atoms with van der Waals surface area (Å²) in [5.41, 5.74) is -0.246. The standard InChI is InChI=1S/C26H29F5N2O2S/c1-25(2,3)15-33-14-20(23(24(27)28)32-36(34,35)17-7-6-8-17)19-12-11-16(13-22(19)33)18-9-4-5-10-21(18)26(29,30)31/h4-5,9-14,17,23-24,32H,6-8,15H2,1-3H3/t23-/m1/s1. The lowest BCUT2D eigenvalue weighted by Crippen LogP contribution is -2.42. The third kappa shape index (κ3) is 5.44. The van der Waals surface area contributed by atoms with Crippen LogP contribution in [0.3, 0.4) is 0 Å². The number of halogens is 5. The molecule has 1 saturated carbocycles. The van der Waals surface area contributed by atoms with Crippen molar-refractivity contribution in [2.75, 3.05) is 0 Å². The number of fused-ring (bicyclic) bond motifs is 1. The van der Waals surface area contributed by atoms with E-state index in [-0.39, 0.29) is 16.5 Å². The van der Waals surface area contributed by atoms with Crippen LogP contribution in [0, 0.1) is 5.41 Å². The van der Waals surface area contributed by atoms with Crippen LogP contribution in [0.4, 0.5) is 22.0 Å². The predicted molar refractivity (Wildman–Crippen MR) is 130 cm³/mol. The number of sulfonamides is 1. The van der Waals surface area contributed by atoms with Crippen molar-refractivity contribution in [3.05, 3.63) is 59.8 Å². The highest BCUT2D eigenvalue weighted by atomic mass is 32.2. The van der Waals surface area contributed by atoms with Gasteiger partial charge in [-0.1, -0.05) is 57.5 Å². The minimum atomic E-state index is -4.56. The molecule has 1 N–H and O–H groups in total. The largest absolute Gasteiger partial charge is 0.417 e. The second kappa shape index (κ2) is 9.45. The molecule has 196 valence electrons. The molecule has 36 heavy (non-hydrogen) atoms. The highest BCUT2D eigenvalue weighted by Crippen LogP contribution is 2.40. The van der Waals surface area contributed by atoms with Crippen molar-refractivity contribution >= 4 is 20.9 Å². The number of benzene rings is 2. The number of nitrogens with zero attached hydrogens (tertiary/aromatic N) is 1. The molecule has 4 nitrogen and oxygen atoms in total. The summed E-state index contributed by atoms with van der Waals surface area (Å²) in [5, 5.41) is -0.318. The molecule has 0 amide bonds. The zero-order chi connectivity index (χ0) is 26.5. The maximum Gasteiger partial charge on any atom is 0.417 e. The van der Waals surface area contributed by atoms with Crippen molar-refractivity contribution in [2.24, 2.45) is 5.41 Å². The number of hydrogen-bond donors (Lipinski definition) is 1. The summed E-state index contributed by atoms with van der Waals surface area (Å²) in [7, 11) is -3.95. The van der Waals surface area contributed by atoms with E-state index in [0.717, 1.165) is 12.5 Å². The van der Waals surface area contributed by atoms with E-state index in [1.54, 1.807) is 10.6 Å². The number of alkyl halides is 5. The zero-order valence-electron chi connectivity index (χ0n) is 20.2. The lowest BCUT2D eigenvalue weighted by Gasteiger charge is -2.28. The highest BCUT2D eigenvalue weighted by molar-refractivity contribution is 7.90. The Balaban J connectivity index is 1.87. The van der Waals surface area contributed by atoms with Gasteiger partial charge in [-0.25, -0.2) is 21.9 Å². The van der Waals surface area contributed by atoms with Crippen molar-refractivity contribution in [3.8, 4) is 11.1 Å². The molecule has 1 atom stereocenters. The second-order valence-electron chi connectivity index (χ2n) is 10.6. The molecule has 0 spiro atoms. The minimum Gasteiger partial charge on any atom is -0.347 e. The van der Waals surface area contributed by atoms with Crippen LogP contribution in [-0.2, 0) is 22.7 Å². The summed E-state index contributed by atoms with van der Waals surface area (Å²) >= 11 is 0. The van der Waals surface area contributed by atoms with E-state index >= 15 is 0 Å². The second-order valence-corrected chi connectivity index (χ2v) is 12.6. The van der Waals surface area contributed by atoms with Gasteiger partial charge in [0.2, 0.25) is 10.0 Å². The summed E-state index contributed by atoms with van der Waals surface area (Å²) < 4.78 is 98.7. The van der Waals surface area contributed by atoms with Crippen LogP contribution in [0.25, 0.3) is 22.0 Å². The Labute approximate surface area is 207 Å². The van der Waals surface area contributed by atoms with E-state index in [4.69, 9.17) is 0 Å². The fraction of sp³-hybridized carbons (Fsp3) is 0.462. The molecule has 10 heteroatoms. The summed E-state index contributed by atoms with van der Waals surface area (Å²) in [6, 6.07) is 7.94. The van der Waals surface area contributed by atoms with E-state index in [1.807, 2.05) is 20.8 Å². The fourth-order valence-electron chi connectivity index (χ4n) is 4.56. The third-order valence-electron chi connectivity index (χ3n) is 6.47. The van der Waals surface area contributed by atoms with E-state index in [9.17, 15) is 30.4 Å². The number of nitrogens with one attached hydrogen (secondary N) is 1. The molecule has 0 aliphatic heterocycles. The van der Waals surface area contributed by atoms with Crippen LogP contribution in [0.2, 0.25) is 0 Å². The molecular formula is C26H29F5N2O2S. The van der Waals surface area contributed by atoms with Crippen molar-refractivity contribution in [2.45, 2.75) is 70.5 Å². The Morgan fingerprint density at radius 2 is 1.72 bits per heavy atom. The average Bonchev–Trinajstić information content (AvgIpc) is 3.05. The van der Waals surface area contributed by atoms with Crippen molar-refractivity contribution < 1.29 is 30.4 Å². The van der Waals surface area contributed by atoms with Gasteiger partial charge in [0, 0.05) is 29.2 Å². The molecule has 1 aliphatic rings. The van der Waals surface area contributed by atoms with Gasteiger partial charge in [-0.05, 0) is 41.5 Å². The molecule has 3 aromatic rings. The van der Waals surface area contributed by atoms with Crippen molar-refractivity contribution in [1.82, 2.24) is 9.29 Å². The topological polar surface area (TPSA) is 51.1 Å². The van der Waals surface area contributed by atoms with E-state index in [2.05, 4.69) is 4.72 Å². The Bertz CT molecular complexity index is 1350. The Kier molecular flexibility index (Phi) is 6.98. The summed E-state index contributed by atoms with van der Waals surface area (Å²) in [5.74, 6) is 0. The Morgan fingerprint density at radius 1 is 1.06 bits per heavy atom. The zero-order valence-corrected chi connectivity index (χ0v) is 21.1. The summed E-state index contributed by atoms with van der Waals surface area (Å²) in [6.07, 6.45) is -4.49. The quantitative estimate of drug-likeness (QED) is 0.331. The van der Waals surface area contributed by atoms with Crippen LogP contribution in [0.5, 0.6) is 0 Å². The minimum absolute atomic E-state index is 0.0203. The highest BCUT2D eigenvalue weighted by Gasteiger charge is 2.37. The normalized spacial score (nSPS) is 16.5. The molecule has 2 aromatic carbocycles. The lowest BCUT2D eigenvalue weighted by atomic mass is 9.96. The molecule has 1 fully saturated rings. The SMILES string of the molecule is CC(C)(C)Cn1cc([C@@H](NS(=O)(=O)C2CCC2)C(F)F)c2ccc(-c3ccccc3C(F)(F)F)cc21. The number of aromatic nitrogens is 1. The first-order valence-electron chi connectivity index (χ1n) is 11.8. The van der Waals surface area contributed by atoms with Gasteiger partial charge in [0.15, 0.2) is 0 Å². The van der Waals surface area contributed by atoms with E-state index in [0.29, 0.717) is 35.9 Å². The molecule has 4 rings (SSSR count). The average molecular weight is 529 g/mol. The maximum atomic E-state index is 14.2. The van der Waals surface area contributed by atoms with Crippen LogP contribution in [-0.4, -0.2) is 24.7 Å². The molecular weight excluding hydrogens is 499 g/mol. The van der Waals surface area contributed by atoms with Crippen LogP contribution < -0.4 is 4.72 Å². The summed E-state index contributed by atoms with van der Waals surface area (Å²) in [6.45, 7) is 6.24. The lowest BCUT2D eigenvalue weighted by molar-refractivity contribution is -0.137. The van der Waals surface area contributed by atoms with Gasteiger partial charge >= 0.3 is 6.18 Å². The van der Waals surface area contributed by atoms with Crippen LogP contribution in [0.15, 0.2) is 48.7 Å². The van der Waals surface area contributed by atoms with E-state index in [1.165, 1.54) is 36.5 Å². The first-order valence-corrected chi connectivity index (χ1v) is 13.3. The first-order chi connectivity index (χ1) is 16.7. The molecule has 0 saturated heterocycles. The van der Waals surface area contributed by atoms with Crippen LogP contribution >= 0.6 is 0 Å². The molecule has 1 aliphatic carbocycles. The smallest absolute Gasteiger partial charge is 0.347 e. The van der Waals surface area contributed by atoms with Crippen molar-refractivity contribution in [3.63, 3.8) is 0 Å².